The van der Waals surface area contributed by atoms with Crippen molar-refractivity contribution in [1.29, 1.82) is 0 Å². The summed E-state index contributed by atoms with van der Waals surface area (Å²) in [6.07, 6.45) is 10.2. The lowest BCUT2D eigenvalue weighted by Crippen LogP contribution is -2.42. The Morgan fingerprint density at radius 3 is 2.41 bits per heavy atom. The van der Waals surface area contributed by atoms with Crippen LogP contribution in [0.15, 0.2) is 30.3 Å². The van der Waals surface area contributed by atoms with Crippen molar-refractivity contribution in [2.24, 2.45) is 0 Å². The third-order valence-corrected chi connectivity index (χ3v) is 7.41. The Balaban J connectivity index is 1.44. The van der Waals surface area contributed by atoms with Crippen LogP contribution in [-0.2, 0) is 28.9 Å². The largest absolute Gasteiger partial charge is 0.493 e. The van der Waals surface area contributed by atoms with Crippen LogP contribution >= 0.6 is 0 Å². The molecule has 1 heterocycles. The number of fused-ring (bicyclic) bond motifs is 2. The van der Waals surface area contributed by atoms with Gasteiger partial charge >= 0.3 is 0 Å². The molecule has 1 aliphatic carbocycles. The second-order valence-corrected chi connectivity index (χ2v) is 10.1. The number of carbonyl (C=O) groups excluding carboxylic acids is 3. The summed E-state index contributed by atoms with van der Waals surface area (Å²) < 4.78 is 18.8. The van der Waals surface area contributed by atoms with Crippen LogP contribution in [0.1, 0.15) is 91.8 Å². The number of ketones is 1. The van der Waals surface area contributed by atoms with Crippen molar-refractivity contribution in [1.82, 2.24) is 0 Å². The summed E-state index contributed by atoms with van der Waals surface area (Å²) in [6, 6.07) is 9.98. The first-order valence-corrected chi connectivity index (χ1v) is 13.7. The van der Waals surface area contributed by atoms with Gasteiger partial charge in [-0.05, 0) is 74.3 Å². The van der Waals surface area contributed by atoms with E-state index < -0.39 is 5.60 Å². The van der Waals surface area contributed by atoms with Crippen molar-refractivity contribution < 1.29 is 28.6 Å². The highest BCUT2D eigenvalue weighted by Gasteiger charge is 2.41. The second kappa shape index (κ2) is 12.9. The molecule has 37 heavy (non-hydrogen) atoms. The van der Waals surface area contributed by atoms with Gasteiger partial charge in [-0.1, -0.05) is 25.5 Å². The molecule has 6 heteroatoms. The average Bonchev–Trinajstić information content (AvgIpc) is 2.92. The third kappa shape index (κ3) is 6.41. The van der Waals surface area contributed by atoms with Crippen molar-refractivity contribution in [3.8, 4) is 17.2 Å². The highest BCUT2D eigenvalue weighted by Crippen LogP contribution is 2.44. The number of hydrogen-bond donors (Lipinski definition) is 0. The molecule has 1 aliphatic heterocycles. The summed E-state index contributed by atoms with van der Waals surface area (Å²) in [5, 5.41) is 0. The predicted octanol–water partition coefficient (Wildman–Crippen LogP) is 6.03. The van der Waals surface area contributed by atoms with E-state index in [-0.39, 0.29) is 25.0 Å². The highest BCUT2D eigenvalue weighted by molar-refractivity contribution is 6.01. The summed E-state index contributed by atoms with van der Waals surface area (Å²) in [6.45, 7) is 3.13. The maximum atomic E-state index is 13.1. The summed E-state index contributed by atoms with van der Waals surface area (Å²) >= 11 is 0. The molecule has 0 bridgehead atoms. The zero-order valence-corrected chi connectivity index (χ0v) is 21.9. The Kier molecular flexibility index (Phi) is 9.37. The van der Waals surface area contributed by atoms with Crippen LogP contribution in [0, 0.1) is 0 Å². The van der Waals surface area contributed by atoms with E-state index in [2.05, 4.69) is 25.1 Å². The number of aryl methyl sites for hydroxylation is 1. The summed E-state index contributed by atoms with van der Waals surface area (Å²) in [5.41, 5.74) is 3.36. The molecule has 0 atom stereocenters. The standard InChI is InChI=1S/C31H38O6/c1-2-9-26-29(36-21-8-20-35-28-13-5-11-23-10-3-4-12-24(23)28)15-14-25-27(34)22-31(16-6-18-32,17-7-19-33)37-30(25)26/h5,11,13-15,18-19H,2-4,6-10,12,16-17,20-22H2,1H3. The first kappa shape index (κ1) is 26.9. The van der Waals surface area contributed by atoms with Gasteiger partial charge in [0.15, 0.2) is 5.78 Å². The minimum absolute atomic E-state index is 0.0125. The average molecular weight is 507 g/mol. The van der Waals surface area contributed by atoms with E-state index >= 15 is 0 Å². The van der Waals surface area contributed by atoms with Gasteiger partial charge < -0.3 is 23.8 Å². The van der Waals surface area contributed by atoms with E-state index in [9.17, 15) is 14.4 Å². The second-order valence-electron chi connectivity index (χ2n) is 10.1. The zero-order chi connectivity index (χ0) is 26.1. The maximum absolute atomic E-state index is 13.1. The first-order chi connectivity index (χ1) is 18.1. The zero-order valence-electron chi connectivity index (χ0n) is 21.9. The van der Waals surface area contributed by atoms with E-state index in [0.717, 1.165) is 49.6 Å². The molecular formula is C31H38O6. The van der Waals surface area contributed by atoms with Crippen molar-refractivity contribution in [3.63, 3.8) is 0 Å². The Labute approximate surface area is 219 Å². The van der Waals surface area contributed by atoms with Gasteiger partial charge in [-0.25, -0.2) is 0 Å². The number of Topliss-reactive ketones (excluding diaryl/α,β-unsaturated/α-hetero) is 1. The van der Waals surface area contributed by atoms with Crippen molar-refractivity contribution in [2.75, 3.05) is 13.2 Å². The molecule has 2 aromatic carbocycles. The number of rotatable bonds is 14. The van der Waals surface area contributed by atoms with Gasteiger partial charge in [0.2, 0.25) is 0 Å². The number of aldehydes is 2. The van der Waals surface area contributed by atoms with Crippen LogP contribution in [0.2, 0.25) is 0 Å². The van der Waals surface area contributed by atoms with Crippen LogP contribution < -0.4 is 14.2 Å². The van der Waals surface area contributed by atoms with Gasteiger partial charge in [0.1, 0.15) is 35.4 Å². The van der Waals surface area contributed by atoms with Gasteiger partial charge in [-0.2, -0.15) is 0 Å². The van der Waals surface area contributed by atoms with E-state index in [4.69, 9.17) is 14.2 Å². The SMILES string of the molecule is CCCc1c(OCCCOc2cccc3c2CCCC3)ccc2c1OC(CCC=O)(CCC=O)CC2=O. The molecule has 0 spiro atoms. The number of benzene rings is 2. The molecule has 0 saturated heterocycles. The molecule has 0 fully saturated rings. The van der Waals surface area contributed by atoms with E-state index in [1.807, 2.05) is 6.07 Å². The molecule has 0 saturated carbocycles. The topological polar surface area (TPSA) is 78.9 Å². The Bertz CT molecular complexity index is 1090. The Hall–Kier alpha value is -3.15. The molecule has 0 amide bonds. The molecule has 4 rings (SSSR count). The van der Waals surface area contributed by atoms with Crippen LogP contribution in [0.5, 0.6) is 17.2 Å². The van der Waals surface area contributed by atoms with E-state index in [0.29, 0.717) is 49.5 Å². The monoisotopic (exact) mass is 506 g/mol. The molecule has 0 N–H and O–H groups in total. The highest BCUT2D eigenvalue weighted by atomic mass is 16.5. The van der Waals surface area contributed by atoms with Crippen molar-refractivity contribution in [3.05, 3.63) is 52.6 Å². The lowest BCUT2D eigenvalue weighted by molar-refractivity contribution is -0.109. The fraction of sp³-hybridized carbons (Fsp3) is 0.516. The lowest BCUT2D eigenvalue weighted by atomic mass is 9.82. The van der Waals surface area contributed by atoms with Gasteiger partial charge in [0.05, 0.1) is 25.2 Å². The minimum atomic E-state index is -0.838. The lowest BCUT2D eigenvalue weighted by Gasteiger charge is -2.39. The van der Waals surface area contributed by atoms with Crippen LogP contribution in [-0.4, -0.2) is 37.2 Å². The molecule has 6 nitrogen and oxygen atoms in total. The summed E-state index contributed by atoms with van der Waals surface area (Å²) in [5.74, 6) is 2.25. The van der Waals surface area contributed by atoms with Crippen LogP contribution in [0.4, 0.5) is 0 Å². The van der Waals surface area contributed by atoms with Crippen LogP contribution in [0.25, 0.3) is 0 Å². The normalized spacial score (nSPS) is 15.8. The molecule has 0 radical (unpaired) electrons. The number of hydrogen-bond acceptors (Lipinski definition) is 6. The fourth-order valence-corrected chi connectivity index (χ4v) is 5.56. The molecule has 0 unspecified atom stereocenters. The number of carbonyl (C=O) groups is 3. The molecule has 0 aromatic heterocycles. The minimum Gasteiger partial charge on any atom is -0.493 e. The third-order valence-electron chi connectivity index (χ3n) is 7.41. The molecule has 198 valence electrons. The van der Waals surface area contributed by atoms with Crippen molar-refractivity contribution >= 4 is 18.4 Å². The number of ether oxygens (including phenoxy) is 3. The Morgan fingerprint density at radius 1 is 0.946 bits per heavy atom. The van der Waals surface area contributed by atoms with Gasteiger partial charge in [0, 0.05) is 24.8 Å². The molecule has 2 aliphatic rings. The molecular weight excluding hydrogens is 468 g/mol. The van der Waals surface area contributed by atoms with Gasteiger partial charge in [-0.3, -0.25) is 4.79 Å². The van der Waals surface area contributed by atoms with E-state index in [1.165, 1.54) is 24.0 Å². The predicted molar refractivity (Wildman–Crippen MR) is 142 cm³/mol. The first-order valence-electron chi connectivity index (χ1n) is 13.7. The molecule has 2 aromatic rings. The quantitative estimate of drug-likeness (QED) is 0.230. The summed E-state index contributed by atoms with van der Waals surface area (Å²) in [4.78, 5) is 35.3. The van der Waals surface area contributed by atoms with Gasteiger partial charge in [0.25, 0.3) is 0 Å². The van der Waals surface area contributed by atoms with E-state index in [1.54, 1.807) is 6.07 Å². The van der Waals surface area contributed by atoms with Crippen LogP contribution in [0.3, 0.4) is 0 Å². The Morgan fingerprint density at radius 2 is 1.68 bits per heavy atom. The maximum Gasteiger partial charge on any atom is 0.170 e. The summed E-state index contributed by atoms with van der Waals surface area (Å²) in [7, 11) is 0. The van der Waals surface area contributed by atoms with Crippen molar-refractivity contribution in [2.45, 2.75) is 89.6 Å². The fourth-order valence-electron chi connectivity index (χ4n) is 5.56. The smallest absolute Gasteiger partial charge is 0.170 e. The van der Waals surface area contributed by atoms with Gasteiger partial charge in [-0.15, -0.1) is 0 Å².